The molecular weight excluding hydrogens is 377 g/mol. The molecule has 0 N–H and O–H groups in total. The molecule has 1 aliphatic heterocycles. The number of ether oxygens (including phenoxy) is 2. The highest BCUT2D eigenvalue weighted by molar-refractivity contribution is 5.95. The van der Waals surface area contributed by atoms with Crippen molar-refractivity contribution in [2.45, 2.75) is 31.7 Å². The van der Waals surface area contributed by atoms with E-state index in [1.54, 1.807) is 41.5 Å². The summed E-state index contributed by atoms with van der Waals surface area (Å²) in [6.45, 7) is 0.935. The lowest BCUT2D eigenvalue weighted by Gasteiger charge is -2.33. The standard InChI is InChI=1S/C22H24FNO5/c1-27-21(25)16-7-6-8-17(15-16)22(26)29-24-13-5-4-9-18(24)12-14-28-20-11-3-2-10-19(20)23/h2-3,6-8,10-11,15,18H,4-5,9,12-14H2,1H3. The fourth-order valence-corrected chi connectivity index (χ4v) is 3.30. The Balaban J connectivity index is 1.58. The quantitative estimate of drug-likeness (QED) is 0.654. The Morgan fingerprint density at radius 3 is 2.59 bits per heavy atom. The summed E-state index contributed by atoms with van der Waals surface area (Å²) < 4.78 is 23.9. The van der Waals surface area contributed by atoms with Crippen LogP contribution in [0.2, 0.25) is 0 Å². The maximum Gasteiger partial charge on any atom is 0.357 e. The minimum Gasteiger partial charge on any atom is -0.490 e. The molecule has 1 fully saturated rings. The maximum atomic E-state index is 13.7. The number of hydrogen-bond donors (Lipinski definition) is 0. The van der Waals surface area contributed by atoms with Crippen LogP contribution in [0.5, 0.6) is 5.75 Å². The molecular formula is C22H24FNO5. The highest BCUT2D eigenvalue weighted by atomic mass is 19.1. The van der Waals surface area contributed by atoms with Crippen molar-refractivity contribution in [2.75, 3.05) is 20.3 Å². The second-order valence-electron chi connectivity index (χ2n) is 6.81. The lowest BCUT2D eigenvalue weighted by Crippen LogP contribution is -2.41. The number of piperidine rings is 1. The van der Waals surface area contributed by atoms with Gasteiger partial charge >= 0.3 is 11.9 Å². The lowest BCUT2D eigenvalue weighted by molar-refractivity contribution is -0.153. The van der Waals surface area contributed by atoms with Gasteiger partial charge in [-0.2, -0.15) is 0 Å². The average Bonchev–Trinajstić information content (AvgIpc) is 2.75. The minimum atomic E-state index is -0.530. The zero-order chi connectivity index (χ0) is 20.6. The first kappa shape index (κ1) is 20.8. The van der Waals surface area contributed by atoms with E-state index in [1.807, 2.05) is 0 Å². The molecule has 2 aromatic rings. The summed E-state index contributed by atoms with van der Waals surface area (Å²) in [6, 6.07) is 12.5. The summed E-state index contributed by atoms with van der Waals surface area (Å²) in [4.78, 5) is 29.8. The molecule has 0 aliphatic carbocycles. The highest BCUT2D eigenvalue weighted by Gasteiger charge is 2.26. The first-order valence-electron chi connectivity index (χ1n) is 9.63. The molecule has 154 valence electrons. The normalized spacial score (nSPS) is 16.8. The van der Waals surface area contributed by atoms with E-state index >= 15 is 0 Å². The van der Waals surface area contributed by atoms with Gasteiger partial charge in [0.1, 0.15) is 0 Å². The van der Waals surface area contributed by atoms with Gasteiger partial charge in [0, 0.05) is 19.0 Å². The fourth-order valence-electron chi connectivity index (χ4n) is 3.30. The second kappa shape index (κ2) is 10.0. The molecule has 1 unspecified atom stereocenters. The van der Waals surface area contributed by atoms with E-state index in [2.05, 4.69) is 4.74 Å². The van der Waals surface area contributed by atoms with Crippen LogP contribution in [0.25, 0.3) is 0 Å². The molecule has 3 rings (SSSR count). The Morgan fingerprint density at radius 2 is 1.83 bits per heavy atom. The Bertz CT molecular complexity index is 857. The summed E-state index contributed by atoms with van der Waals surface area (Å²) in [5.41, 5.74) is 0.565. The number of methoxy groups -OCH3 is 1. The third-order valence-electron chi connectivity index (χ3n) is 4.84. The van der Waals surface area contributed by atoms with Crippen LogP contribution in [-0.2, 0) is 9.57 Å². The first-order valence-corrected chi connectivity index (χ1v) is 9.63. The molecule has 0 aromatic heterocycles. The van der Waals surface area contributed by atoms with Gasteiger partial charge in [-0.15, -0.1) is 5.06 Å². The highest BCUT2D eigenvalue weighted by Crippen LogP contribution is 2.22. The molecule has 0 radical (unpaired) electrons. The van der Waals surface area contributed by atoms with Gasteiger partial charge in [-0.25, -0.2) is 14.0 Å². The van der Waals surface area contributed by atoms with E-state index in [0.717, 1.165) is 19.3 Å². The molecule has 6 nitrogen and oxygen atoms in total. The topological polar surface area (TPSA) is 65.1 Å². The molecule has 1 atom stereocenters. The van der Waals surface area contributed by atoms with E-state index < -0.39 is 17.8 Å². The largest absolute Gasteiger partial charge is 0.490 e. The average molecular weight is 401 g/mol. The number of benzene rings is 2. The maximum absolute atomic E-state index is 13.7. The summed E-state index contributed by atoms with van der Waals surface area (Å²) >= 11 is 0. The van der Waals surface area contributed by atoms with Crippen molar-refractivity contribution in [1.29, 1.82) is 0 Å². The number of halogens is 1. The van der Waals surface area contributed by atoms with Gasteiger partial charge in [-0.3, -0.25) is 0 Å². The fraction of sp³-hybridized carbons (Fsp3) is 0.364. The van der Waals surface area contributed by atoms with E-state index in [0.29, 0.717) is 19.6 Å². The van der Waals surface area contributed by atoms with Crippen molar-refractivity contribution in [1.82, 2.24) is 5.06 Å². The van der Waals surface area contributed by atoms with Crippen molar-refractivity contribution < 1.29 is 28.3 Å². The SMILES string of the molecule is COC(=O)c1cccc(C(=O)ON2CCCCC2CCOc2ccccc2F)c1. The van der Waals surface area contributed by atoms with Crippen LogP contribution < -0.4 is 4.74 Å². The molecule has 0 bridgehead atoms. The summed E-state index contributed by atoms with van der Waals surface area (Å²) in [5, 5.41) is 1.67. The van der Waals surface area contributed by atoms with Crippen LogP contribution in [-0.4, -0.2) is 43.3 Å². The van der Waals surface area contributed by atoms with Gasteiger partial charge in [0.15, 0.2) is 11.6 Å². The Hall–Kier alpha value is -2.93. The van der Waals surface area contributed by atoms with Crippen LogP contribution >= 0.6 is 0 Å². The van der Waals surface area contributed by atoms with Crippen molar-refractivity contribution in [3.63, 3.8) is 0 Å². The number of rotatable bonds is 7. The zero-order valence-corrected chi connectivity index (χ0v) is 16.3. The molecule has 29 heavy (non-hydrogen) atoms. The Kier molecular flexibility index (Phi) is 7.19. The second-order valence-corrected chi connectivity index (χ2v) is 6.81. The van der Waals surface area contributed by atoms with Crippen LogP contribution in [0.15, 0.2) is 48.5 Å². The van der Waals surface area contributed by atoms with Crippen LogP contribution in [0.1, 0.15) is 46.4 Å². The number of hydroxylamine groups is 2. The number of carbonyl (C=O) groups excluding carboxylic acids is 2. The monoisotopic (exact) mass is 401 g/mol. The summed E-state index contributed by atoms with van der Waals surface area (Å²) in [6.07, 6.45) is 3.40. The number of hydrogen-bond acceptors (Lipinski definition) is 6. The lowest BCUT2D eigenvalue weighted by atomic mass is 10.0. The van der Waals surface area contributed by atoms with Crippen LogP contribution in [0, 0.1) is 5.82 Å². The van der Waals surface area contributed by atoms with Gasteiger partial charge < -0.3 is 14.3 Å². The summed E-state index contributed by atoms with van der Waals surface area (Å²) in [5.74, 6) is -1.23. The first-order chi connectivity index (χ1) is 14.1. The predicted molar refractivity (Wildman–Crippen MR) is 104 cm³/mol. The Morgan fingerprint density at radius 1 is 1.07 bits per heavy atom. The number of carbonyl (C=O) groups is 2. The van der Waals surface area contributed by atoms with Gasteiger partial charge in [0.25, 0.3) is 0 Å². The van der Waals surface area contributed by atoms with Crippen molar-refractivity contribution in [3.8, 4) is 5.75 Å². The van der Waals surface area contributed by atoms with Gasteiger partial charge in [0.05, 0.1) is 24.8 Å². The molecule has 0 spiro atoms. The molecule has 0 saturated carbocycles. The van der Waals surface area contributed by atoms with Gasteiger partial charge in [-0.1, -0.05) is 24.6 Å². The van der Waals surface area contributed by atoms with Crippen LogP contribution in [0.3, 0.4) is 0 Å². The number of nitrogens with zero attached hydrogens (tertiary/aromatic N) is 1. The molecule has 1 saturated heterocycles. The van der Waals surface area contributed by atoms with E-state index in [9.17, 15) is 14.0 Å². The van der Waals surface area contributed by atoms with Crippen LogP contribution in [0.4, 0.5) is 4.39 Å². The van der Waals surface area contributed by atoms with Gasteiger partial charge in [-0.05, 0) is 43.2 Å². The van der Waals surface area contributed by atoms with E-state index in [4.69, 9.17) is 9.57 Å². The Labute approximate surface area is 169 Å². The molecule has 0 amide bonds. The predicted octanol–water partition coefficient (Wildman–Crippen LogP) is 4.01. The van der Waals surface area contributed by atoms with Gasteiger partial charge in [0.2, 0.25) is 0 Å². The molecule has 1 heterocycles. The third kappa shape index (κ3) is 5.54. The van der Waals surface area contributed by atoms with E-state index in [1.165, 1.54) is 19.2 Å². The summed E-state index contributed by atoms with van der Waals surface area (Å²) in [7, 11) is 1.29. The number of esters is 1. The molecule has 1 aliphatic rings. The smallest absolute Gasteiger partial charge is 0.357 e. The number of para-hydroxylation sites is 1. The van der Waals surface area contributed by atoms with Crippen molar-refractivity contribution >= 4 is 11.9 Å². The zero-order valence-electron chi connectivity index (χ0n) is 16.3. The van der Waals surface area contributed by atoms with E-state index in [-0.39, 0.29) is 22.9 Å². The molecule has 7 heteroatoms. The third-order valence-corrected chi connectivity index (χ3v) is 4.84. The van der Waals surface area contributed by atoms with Crippen molar-refractivity contribution in [3.05, 3.63) is 65.5 Å². The van der Waals surface area contributed by atoms with Crippen molar-refractivity contribution in [2.24, 2.45) is 0 Å². The molecule has 2 aromatic carbocycles. The minimum absolute atomic E-state index is 0.0109.